The molecule has 1 saturated heterocycles. The number of rotatable bonds is 4. The van der Waals surface area contributed by atoms with Crippen LogP contribution >= 0.6 is 0 Å². The summed E-state index contributed by atoms with van der Waals surface area (Å²) in [5.74, 6) is 0.646. The van der Waals surface area contributed by atoms with Crippen LogP contribution in [-0.4, -0.2) is 55.1 Å². The summed E-state index contributed by atoms with van der Waals surface area (Å²) in [5, 5.41) is 22.6. The highest BCUT2D eigenvalue weighted by Gasteiger charge is 2.48. The first-order chi connectivity index (χ1) is 12.8. The molecule has 0 bridgehead atoms. The number of methoxy groups -OCH3 is 2. The van der Waals surface area contributed by atoms with Gasteiger partial charge in [0.1, 0.15) is 0 Å². The SMILES string of the molecule is CC(=O)O.COc1ccc(C23CCNC2CC(NC(=O)O)CC3)cc1OC. The molecule has 0 spiro atoms. The Morgan fingerprint density at radius 2 is 1.85 bits per heavy atom. The Kier molecular flexibility index (Phi) is 6.90. The molecule has 0 radical (unpaired) electrons. The van der Waals surface area contributed by atoms with E-state index in [0.29, 0.717) is 0 Å². The molecular weight excluding hydrogens is 352 g/mol. The fourth-order valence-electron chi connectivity index (χ4n) is 4.22. The van der Waals surface area contributed by atoms with E-state index >= 15 is 0 Å². The normalized spacial score (nSPS) is 26.2. The lowest BCUT2D eigenvalue weighted by Crippen LogP contribution is -2.51. The fourth-order valence-corrected chi connectivity index (χ4v) is 4.22. The van der Waals surface area contributed by atoms with Crippen LogP contribution in [0.2, 0.25) is 0 Å². The maximum Gasteiger partial charge on any atom is 0.404 e. The van der Waals surface area contributed by atoms with E-state index in [9.17, 15) is 4.79 Å². The molecule has 3 atom stereocenters. The Bertz CT molecular complexity index is 676. The lowest BCUT2D eigenvalue weighted by molar-refractivity contribution is -0.134. The lowest BCUT2D eigenvalue weighted by atomic mass is 9.65. The molecule has 2 aliphatic rings. The Balaban J connectivity index is 0.000000596. The summed E-state index contributed by atoms with van der Waals surface area (Å²) >= 11 is 0. The highest BCUT2D eigenvalue weighted by Crippen LogP contribution is 2.47. The number of ether oxygens (including phenoxy) is 2. The van der Waals surface area contributed by atoms with Crippen molar-refractivity contribution in [1.82, 2.24) is 10.6 Å². The Hall–Kier alpha value is -2.48. The van der Waals surface area contributed by atoms with E-state index in [4.69, 9.17) is 24.5 Å². The molecule has 1 saturated carbocycles. The van der Waals surface area contributed by atoms with Crippen LogP contribution in [0.3, 0.4) is 0 Å². The number of benzene rings is 1. The standard InChI is InChI=1S/C17H24N2O4.C2H4O2/c1-22-13-4-3-11(9-14(13)23-2)17-6-5-12(19-16(20)21)10-15(17)18-8-7-17;1-2(3)4/h3-4,9,12,15,18-19H,5-8,10H2,1-2H3,(H,20,21);1H3,(H,3,4). The Labute approximate surface area is 158 Å². The summed E-state index contributed by atoms with van der Waals surface area (Å²) < 4.78 is 10.8. The molecule has 1 aromatic carbocycles. The van der Waals surface area contributed by atoms with Gasteiger partial charge in [-0.3, -0.25) is 4.79 Å². The molecule has 1 heterocycles. The van der Waals surface area contributed by atoms with Crippen LogP contribution in [0.1, 0.15) is 38.2 Å². The molecule has 1 aliphatic heterocycles. The van der Waals surface area contributed by atoms with Gasteiger partial charge in [-0.05, 0) is 49.9 Å². The number of carboxylic acid groups (broad SMARTS) is 2. The number of carbonyl (C=O) groups is 2. The Morgan fingerprint density at radius 3 is 2.44 bits per heavy atom. The molecule has 1 amide bonds. The first kappa shape index (κ1) is 20.8. The van der Waals surface area contributed by atoms with Gasteiger partial charge in [0, 0.05) is 24.4 Å². The third kappa shape index (κ3) is 4.82. The predicted octanol–water partition coefficient (Wildman–Crippen LogP) is 2.21. The Morgan fingerprint density at radius 1 is 1.19 bits per heavy atom. The van der Waals surface area contributed by atoms with Gasteiger partial charge in [0.25, 0.3) is 5.97 Å². The van der Waals surface area contributed by atoms with Gasteiger partial charge < -0.3 is 30.3 Å². The lowest BCUT2D eigenvalue weighted by Gasteiger charge is -2.42. The van der Waals surface area contributed by atoms with Crippen molar-refractivity contribution in [2.75, 3.05) is 20.8 Å². The second-order valence-electron chi connectivity index (χ2n) is 6.92. The van der Waals surface area contributed by atoms with Crippen LogP contribution in [0.5, 0.6) is 11.5 Å². The summed E-state index contributed by atoms with van der Waals surface area (Å²) in [4.78, 5) is 19.9. The molecule has 4 N–H and O–H groups in total. The summed E-state index contributed by atoms with van der Waals surface area (Å²) in [6.45, 7) is 2.04. The molecule has 3 unspecified atom stereocenters. The summed E-state index contributed by atoms with van der Waals surface area (Å²) in [7, 11) is 3.29. The number of aliphatic carboxylic acids is 1. The van der Waals surface area contributed by atoms with E-state index in [1.54, 1.807) is 14.2 Å². The van der Waals surface area contributed by atoms with Crippen LogP contribution in [-0.2, 0) is 10.2 Å². The third-order valence-corrected chi connectivity index (χ3v) is 5.37. The minimum atomic E-state index is -0.938. The zero-order valence-corrected chi connectivity index (χ0v) is 15.9. The summed E-state index contributed by atoms with van der Waals surface area (Å²) in [6.07, 6.45) is 2.77. The van der Waals surface area contributed by atoms with Crippen molar-refractivity contribution in [3.05, 3.63) is 23.8 Å². The quantitative estimate of drug-likeness (QED) is 0.633. The van der Waals surface area contributed by atoms with Crippen LogP contribution in [0.4, 0.5) is 4.79 Å². The number of amides is 1. The second-order valence-corrected chi connectivity index (χ2v) is 6.92. The molecule has 0 aromatic heterocycles. The van der Waals surface area contributed by atoms with E-state index in [1.165, 1.54) is 5.56 Å². The number of fused-ring (bicyclic) bond motifs is 1. The fraction of sp³-hybridized carbons (Fsp3) is 0.579. The van der Waals surface area contributed by atoms with Gasteiger partial charge in [0.2, 0.25) is 0 Å². The predicted molar refractivity (Wildman–Crippen MR) is 99.7 cm³/mol. The molecule has 3 rings (SSSR count). The molecule has 8 heteroatoms. The van der Waals surface area contributed by atoms with E-state index in [0.717, 1.165) is 50.7 Å². The van der Waals surface area contributed by atoms with Crippen molar-refractivity contribution in [2.45, 2.75) is 50.1 Å². The van der Waals surface area contributed by atoms with E-state index < -0.39 is 12.1 Å². The van der Waals surface area contributed by atoms with Gasteiger partial charge in [0.15, 0.2) is 11.5 Å². The average Bonchev–Trinajstić information content (AvgIpc) is 3.04. The molecule has 27 heavy (non-hydrogen) atoms. The molecule has 1 aliphatic carbocycles. The van der Waals surface area contributed by atoms with Crippen LogP contribution in [0.15, 0.2) is 18.2 Å². The summed E-state index contributed by atoms with van der Waals surface area (Å²) in [6, 6.07) is 6.46. The van der Waals surface area contributed by atoms with E-state index in [2.05, 4.69) is 22.8 Å². The maximum absolute atomic E-state index is 10.9. The van der Waals surface area contributed by atoms with E-state index in [-0.39, 0.29) is 17.5 Å². The van der Waals surface area contributed by atoms with Crippen molar-refractivity contribution in [2.24, 2.45) is 0 Å². The van der Waals surface area contributed by atoms with Gasteiger partial charge in [-0.2, -0.15) is 0 Å². The monoisotopic (exact) mass is 380 g/mol. The average molecular weight is 380 g/mol. The van der Waals surface area contributed by atoms with Gasteiger partial charge in [0.05, 0.1) is 14.2 Å². The van der Waals surface area contributed by atoms with Gasteiger partial charge in [-0.25, -0.2) is 4.79 Å². The molecular formula is C19H28N2O6. The highest BCUT2D eigenvalue weighted by molar-refractivity contribution is 5.65. The van der Waals surface area contributed by atoms with Gasteiger partial charge in [-0.15, -0.1) is 0 Å². The van der Waals surface area contributed by atoms with Crippen molar-refractivity contribution in [3.8, 4) is 11.5 Å². The van der Waals surface area contributed by atoms with Gasteiger partial charge >= 0.3 is 6.09 Å². The highest BCUT2D eigenvalue weighted by atomic mass is 16.5. The minimum Gasteiger partial charge on any atom is -0.493 e. The molecule has 8 nitrogen and oxygen atoms in total. The van der Waals surface area contributed by atoms with Crippen LogP contribution in [0, 0.1) is 0 Å². The second kappa shape index (κ2) is 8.94. The maximum atomic E-state index is 10.9. The first-order valence-corrected chi connectivity index (χ1v) is 8.97. The number of carboxylic acids is 1. The molecule has 2 fully saturated rings. The topological polar surface area (TPSA) is 117 Å². The van der Waals surface area contributed by atoms with Crippen molar-refractivity contribution >= 4 is 12.1 Å². The number of hydrogen-bond acceptors (Lipinski definition) is 5. The number of nitrogens with one attached hydrogen (secondary N) is 2. The third-order valence-electron chi connectivity index (χ3n) is 5.37. The first-order valence-electron chi connectivity index (χ1n) is 8.97. The zero-order chi connectivity index (χ0) is 20.0. The van der Waals surface area contributed by atoms with Crippen molar-refractivity contribution in [1.29, 1.82) is 0 Å². The van der Waals surface area contributed by atoms with Crippen molar-refractivity contribution in [3.63, 3.8) is 0 Å². The van der Waals surface area contributed by atoms with Gasteiger partial charge in [-0.1, -0.05) is 6.07 Å². The van der Waals surface area contributed by atoms with E-state index in [1.807, 2.05) is 6.07 Å². The summed E-state index contributed by atoms with van der Waals surface area (Å²) in [5.41, 5.74) is 1.30. The van der Waals surface area contributed by atoms with Crippen molar-refractivity contribution < 1.29 is 29.3 Å². The number of hydrogen-bond donors (Lipinski definition) is 4. The zero-order valence-electron chi connectivity index (χ0n) is 15.9. The molecule has 1 aromatic rings. The minimum absolute atomic E-state index is 0.0244. The molecule has 150 valence electrons. The van der Waals surface area contributed by atoms with Crippen LogP contribution in [0.25, 0.3) is 0 Å². The largest absolute Gasteiger partial charge is 0.493 e. The smallest absolute Gasteiger partial charge is 0.404 e. The van der Waals surface area contributed by atoms with Crippen LogP contribution < -0.4 is 20.1 Å².